The zero-order valence-electron chi connectivity index (χ0n) is 47.9. The SMILES string of the molecule is c1ccc(-c2ccc(N(c3ccc(-c4ccc(-c5ccc(-n6c7ccc(-c8ccccc8)cc7c7cc(-c8ccccc8)ccc76)cc5)cc4)cc3)c3ccc4c(c3)C(c3ccccc3)(c3ccccc3)c3ccccc3-4)c(-c3ccccc3)c2)cc1. The number of hydrogen-bond acceptors (Lipinski definition) is 1. The van der Waals surface area contributed by atoms with Crippen molar-refractivity contribution in [3.05, 3.63) is 374 Å². The first-order chi connectivity index (χ1) is 43.1. The van der Waals surface area contributed by atoms with Gasteiger partial charge in [-0.1, -0.05) is 279 Å². The zero-order chi connectivity index (χ0) is 57.7. The Morgan fingerprint density at radius 3 is 1.10 bits per heavy atom. The molecule has 1 aliphatic carbocycles. The molecule has 0 unspecified atom stereocenters. The summed E-state index contributed by atoms with van der Waals surface area (Å²) in [6.45, 7) is 0. The van der Waals surface area contributed by atoms with Gasteiger partial charge < -0.3 is 9.47 Å². The minimum atomic E-state index is -0.554. The summed E-state index contributed by atoms with van der Waals surface area (Å²) in [7, 11) is 0. The summed E-state index contributed by atoms with van der Waals surface area (Å²) in [5, 5.41) is 2.48. The summed E-state index contributed by atoms with van der Waals surface area (Å²) in [6.07, 6.45) is 0. The molecule has 0 amide bonds. The Kier molecular flexibility index (Phi) is 12.8. The Balaban J connectivity index is 0.773. The van der Waals surface area contributed by atoms with Gasteiger partial charge in [-0.3, -0.25) is 0 Å². The standard InChI is InChI=1S/C85H58N2/c1-7-21-59(22-8-1)67-43-52-82(77(55-67)66-27-13-4-14-28-66)86(74-50-51-76-75-33-19-20-34-80(75)85(81(76)58-74,70-29-15-5-16-30-70)71-31-17-6-18-32-71)72-46-39-64(40-47-72)62-35-37-63(38-36-62)65-41-48-73(49-42-65)87-83-53-44-68(60-23-9-2-10-24-60)56-78(83)79-57-69(45-54-84(79)87)61-25-11-3-12-26-61/h1-58H. The van der Waals surface area contributed by atoms with Gasteiger partial charge in [-0.2, -0.15) is 0 Å². The van der Waals surface area contributed by atoms with Crippen LogP contribution in [0.2, 0.25) is 0 Å². The van der Waals surface area contributed by atoms with E-state index in [4.69, 9.17) is 0 Å². The first-order valence-corrected chi connectivity index (χ1v) is 30.0. The summed E-state index contributed by atoms with van der Waals surface area (Å²) in [5.74, 6) is 0. The van der Waals surface area contributed by atoms with Crippen molar-refractivity contribution in [3.63, 3.8) is 0 Å². The first-order valence-electron chi connectivity index (χ1n) is 30.0. The van der Waals surface area contributed by atoms with Crippen LogP contribution in [0.25, 0.3) is 105 Å². The number of aromatic nitrogens is 1. The Bertz CT molecular complexity index is 4820. The van der Waals surface area contributed by atoms with E-state index in [-0.39, 0.29) is 0 Å². The van der Waals surface area contributed by atoms with E-state index in [0.717, 1.165) is 45.0 Å². The second-order valence-electron chi connectivity index (χ2n) is 22.8. The number of benzene rings is 14. The minimum Gasteiger partial charge on any atom is -0.310 e. The lowest BCUT2D eigenvalue weighted by atomic mass is 9.67. The van der Waals surface area contributed by atoms with Crippen LogP contribution in [0.3, 0.4) is 0 Å². The predicted octanol–water partition coefficient (Wildman–Crippen LogP) is 22.6. The zero-order valence-corrected chi connectivity index (χ0v) is 47.9. The van der Waals surface area contributed by atoms with E-state index in [2.05, 4.69) is 361 Å². The van der Waals surface area contributed by atoms with E-state index in [1.165, 1.54) is 99.7 Å². The highest BCUT2D eigenvalue weighted by Gasteiger charge is 2.46. The van der Waals surface area contributed by atoms with E-state index in [9.17, 15) is 0 Å². The normalized spacial score (nSPS) is 12.2. The van der Waals surface area contributed by atoms with Crippen molar-refractivity contribution in [2.24, 2.45) is 0 Å². The van der Waals surface area contributed by atoms with Crippen molar-refractivity contribution in [1.82, 2.24) is 4.57 Å². The smallest absolute Gasteiger partial charge is 0.0714 e. The predicted molar refractivity (Wildman–Crippen MR) is 365 cm³/mol. The molecule has 0 aliphatic heterocycles. The van der Waals surface area contributed by atoms with E-state index in [1.54, 1.807) is 0 Å². The molecule has 1 heterocycles. The van der Waals surface area contributed by atoms with Gasteiger partial charge >= 0.3 is 0 Å². The summed E-state index contributed by atoms with van der Waals surface area (Å²) in [5.41, 5.74) is 27.9. The highest BCUT2D eigenvalue weighted by Crippen LogP contribution is 2.58. The quantitative estimate of drug-likeness (QED) is 0.118. The summed E-state index contributed by atoms with van der Waals surface area (Å²) >= 11 is 0. The largest absolute Gasteiger partial charge is 0.310 e. The van der Waals surface area contributed by atoms with E-state index < -0.39 is 5.41 Å². The molecule has 15 aromatic rings. The highest BCUT2D eigenvalue weighted by atomic mass is 15.1. The fraction of sp³-hybridized carbons (Fsp3) is 0.0118. The lowest BCUT2D eigenvalue weighted by Crippen LogP contribution is -2.28. The summed E-state index contributed by atoms with van der Waals surface area (Å²) < 4.78 is 2.42. The molecule has 1 aromatic heterocycles. The van der Waals surface area contributed by atoms with Crippen LogP contribution in [0, 0.1) is 0 Å². The average molecular weight is 1110 g/mol. The Morgan fingerprint density at radius 2 is 0.598 bits per heavy atom. The van der Waals surface area contributed by atoms with Gasteiger partial charge in [0.15, 0.2) is 0 Å². The average Bonchev–Trinajstić information content (AvgIpc) is 1.61. The van der Waals surface area contributed by atoms with E-state index >= 15 is 0 Å². The molecule has 0 fully saturated rings. The van der Waals surface area contributed by atoms with Crippen LogP contribution >= 0.6 is 0 Å². The molecule has 0 spiro atoms. The first kappa shape index (κ1) is 51.3. The van der Waals surface area contributed by atoms with E-state index in [0.29, 0.717) is 0 Å². The Morgan fingerprint density at radius 1 is 0.230 bits per heavy atom. The molecule has 2 nitrogen and oxygen atoms in total. The van der Waals surface area contributed by atoms with Crippen LogP contribution in [-0.4, -0.2) is 4.57 Å². The van der Waals surface area contributed by atoms with Gasteiger partial charge in [0.25, 0.3) is 0 Å². The van der Waals surface area contributed by atoms with Crippen LogP contribution in [-0.2, 0) is 5.41 Å². The fourth-order valence-electron chi connectivity index (χ4n) is 13.8. The molecule has 0 bridgehead atoms. The van der Waals surface area contributed by atoms with Gasteiger partial charge in [-0.15, -0.1) is 0 Å². The van der Waals surface area contributed by atoms with Crippen LogP contribution in [0.4, 0.5) is 17.1 Å². The number of fused-ring (bicyclic) bond motifs is 6. The third kappa shape index (κ3) is 8.97. The fourth-order valence-corrected chi connectivity index (χ4v) is 13.8. The Hall–Kier alpha value is -11.3. The maximum absolute atomic E-state index is 2.47. The van der Waals surface area contributed by atoms with Crippen molar-refractivity contribution >= 4 is 38.9 Å². The van der Waals surface area contributed by atoms with Gasteiger partial charge in [-0.25, -0.2) is 0 Å². The molecule has 0 saturated carbocycles. The van der Waals surface area contributed by atoms with Crippen LogP contribution in [0.15, 0.2) is 352 Å². The molecule has 1 aliphatic rings. The number of anilines is 3. The highest BCUT2D eigenvalue weighted by molar-refractivity contribution is 6.12. The number of nitrogens with zero attached hydrogens (tertiary/aromatic N) is 2. The molecule has 2 heteroatoms. The van der Waals surface area contributed by atoms with Crippen molar-refractivity contribution in [3.8, 4) is 83.6 Å². The Labute approximate surface area is 508 Å². The number of rotatable bonds is 12. The monoisotopic (exact) mass is 1110 g/mol. The van der Waals surface area contributed by atoms with E-state index in [1.807, 2.05) is 0 Å². The number of hydrogen-bond donors (Lipinski definition) is 0. The van der Waals surface area contributed by atoms with Crippen molar-refractivity contribution in [2.75, 3.05) is 4.90 Å². The van der Waals surface area contributed by atoms with Crippen molar-refractivity contribution in [2.45, 2.75) is 5.41 Å². The second kappa shape index (κ2) is 21.7. The molecule has 408 valence electrons. The lowest BCUT2D eigenvalue weighted by Gasteiger charge is -2.35. The van der Waals surface area contributed by atoms with Gasteiger partial charge in [0.1, 0.15) is 0 Å². The molecule has 14 aromatic carbocycles. The van der Waals surface area contributed by atoms with Gasteiger partial charge in [-0.05, 0) is 167 Å². The van der Waals surface area contributed by atoms with Gasteiger partial charge in [0.05, 0.1) is 22.1 Å². The molecular weight excluding hydrogens is 1050 g/mol. The molecule has 0 saturated heterocycles. The summed E-state index contributed by atoms with van der Waals surface area (Å²) in [6, 6.07) is 129. The maximum atomic E-state index is 2.47. The van der Waals surface area contributed by atoms with Gasteiger partial charge in [0.2, 0.25) is 0 Å². The third-order valence-electron chi connectivity index (χ3n) is 17.9. The molecule has 16 rings (SSSR count). The van der Waals surface area contributed by atoms with Crippen LogP contribution < -0.4 is 4.90 Å². The second-order valence-corrected chi connectivity index (χ2v) is 22.8. The lowest BCUT2D eigenvalue weighted by molar-refractivity contribution is 0.768. The molecule has 0 atom stereocenters. The van der Waals surface area contributed by atoms with Gasteiger partial charge in [0, 0.05) is 33.4 Å². The van der Waals surface area contributed by atoms with Crippen molar-refractivity contribution in [1.29, 1.82) is 0 Å². The molecular formula is C85H58N2. The third-order valence-corrected chi connectivity index (χ3v) is 17.9. The molecule has 87 heavy (non-hydrogen) atoms. The van der Waals surface area contributed by atoms with Crippen LogP contribution in [0.5, 0.6) is 0 Å². The van der Waals surface area contributed by atoms with Crippen LogP contribution in [0.1, 0.15) is 22.3 Å². The minimum absolute atomic E-state index is 0.554. The van der Waals surface area contributed by atoms with Crippen molar-refractivity contribution < 1.29 is 0 Å². The molecule has 0 radical (unpaired) electrons. The molecule has 0 N–H and O–H groups in total. The summed E-state index contributed by atoms with van der Waals surface area (Å²) in [4.78, 5) is 2.47. The topological polar surface area (TPSA) is 8.17 Å². The maximum Gasteiger partial charge on any atom is 0.0714 e.